The molecule has 8 heteroatoms. The first kappa shape index (κ1) is 17.7. The Labute approximate surface area is 124 Å². The van der Waals surface area contributed by atoms with Crippen LogP contribution in [0, 0.1) is 5.82 Å². The fraction of sp³-hybridized carbons (Fsp3) is 0.538. The fourth-order valence-corrected chi connectivity index (χ4v) is 2.98. The molecule has 1 rings (SSSR count). The average molecular weight is 320 g/mol. The second kappa shape index (κ2) is 7.58. The summed E-state index contributed by atoms with van der Waals surface area (Å²) in [6.45, 7) is 4.62. The van der Waals surface area contributed by atoms with Gasteiger partial charge in [0.15, 0.2) is 11.5 Å². The molecule has 1 aromatic carbocycles. The number of nitrogens with one attached hydrogen (secondary N) is 2. The SMILES string of the molecule is CCN[C@H](C)CNS(=O)(=O)c1cc(OC)c(OC)cc1F. The van der Waals surface area contributed by atoms with Crippen molar-refractivity contribution in [3.63, 3.8) is 0 Å². The second-order valence-electron chi connectivity index (χ2n) is 4.45. The quantitative estimate of drug-likeness (QED) is 0.750. The van der Waals surface area contributed by atoms with Crippen molar-refractivity contribution in [2.45, 2.75) is 24.8 Å². The van der Waals surface area contributed by atoms with E-state index in [1.807, 2.05) is 13.8 Å². The molecule has 0 aliphatic heterocycles. The summed E-state index contributed by atoms with van der Waals surface area (Å²) in [7, 11) is -1.26. The first-order valence-corrected chi connectivity index (χ1v) is 7.98. The van der Waals surface area contributed by atoms with E-state index in [2.05, 4.69) is 10.0 Å². The number of likely N-dealkylation sites (N-methyl/N-ethyl adjacent to an activating group) is 1. The van der Waals surface area contributed by atoms with Crippen LogP contribution < -0.4 is 19.5 Å². The molecular formula is C13H21FN2O4S. The first-order valence-electron chi connectivity index (χ1n) is 6.50. The van der Waals surface area contributed by atoms with E-state index < -0.39 is 20.7 Å². The maximum atomic E-state index is 14.0. The van der Waals surface area contributed by atoms with Crippen molar-refractivity contribution in [3.05, 3.63) is 17.9 Å². The van der Waals surface area contributed by atoms with Crippen LogP contribution in [0.2, 0.25) is 0 Å². The van der Waals surface area contributed by atoms with Crippen LogP contribution in [0.3, 0.4) is 0 Å². The van der Waals surface area contributed by atoms with Crippen molar-refractivity contribution in [1.29, 1.82) is 0 Å². The number of hydrogen-bond donors (Lipinski definition) is 2. The molecule has 0 aliphatic rings. The topological polar surface area (TPSA) is 76.7 Å². The van der Waals surface area contributed by atoms with Crippen LogP contribution in [-0.4, -0.2) is 41.8 Å². The zero-order valence-electron chi connectivity index (χ0n) is 12.6. The average Bonchev–Trinajstić information content (AvgIpc) is 2.45. The van der Waals surface area contributed by atoms with Gasteiger partial charge in [0.1, 0.15) is 10.7 Å². The Morgan fingerprint density at radius 2 is 1.81 bits per heavy atom. The minimum atomic E-state index is -3.96. The number of benzene rings is 1. The molecule has 0 bridgehead atoms. The van der Waals surface area contributed by atoms with Gasteiger partial charge in [-0.05, 0) is 13.5 Å². The number of methoxy groups -OCH3 is 2. The van der Waals surface area contributed by atoms with Crippen molar-refractivity contribution in [1.82, 2.24) is 10.0 Å². The van der Waals surface area contributed by atoms with Crippen LogP contribution in [0.25, 0.3) is 0 Å². The predicted molar refractivity (Wildman–Crippen MR) is 77.8 cm³/mol. The number of rotatable bonds is 8. The first-order chi connectivity index (χ1) is 9.85. The Kier molecular flexibility index (Phi) is 6.38. The lowest BCUT2D eigenvalue weighted by atomic mass is 10.3. The van der Waals surface area contributed by atoms with Gasteiger partial charge in [0.25, 0.3) is 0 Å². The van der Waals surface area contributed by atoms with Gasteiger partial charge in [0.05, 0.1) is 14.2 Å². The van der Waals surface area contributed by atoms with Crippen LogP contribution in [0.5, 0.6) is 11.5 Å². The molecule has 0 aliphatic carbocycles. The van der Waals surface area contributed by atoms with Crippen molar-refractivity contribution < 1.29 is 22.3 Å². The zero-order valence-corrected chi connectivity index (χ0v) is 13.4. The maximum absolute atomic E-state index is 14.0. The Bertz CT molecular complexity index is 578. The van der Waals surface area contributed by atoms with Crippen LogP contribution in [-0.2, 0) is 10.0 Å². The minimum Gasteiger partial charge on any atom is -0.493 e. The van der Waals surface area contributed by atoms with E-state index >= 15 is 0 Å². The summed E-state index contributed by atoms with van der Waals surface area (Å²) in [5.41, 5.74) is 0. The normalized spacial score (nSPS) is 13.0. The highest BCUT2D eigenvalue weighted by Gasteiger charge is 2.22. The molecule has 0 fully saturated rings. The largest absolute Gasteiger partial charge is 0.493 e. The molecule has 1 atom stereocenters. The van der Waals surface area contributed by atoms with Gasteiger partial charge in [0, 0.05) is 24.7 Å². The van der Waals surface area contributed by atoms with Gasteiger partial charge < -0.3 is 14.8 Å². The highest BCUT2D eigenvalue weighted by molar-refractivity contribution is 7.89. The molecule has 21 heavy (non-hydrogen) atoms. The van der Waals surface area contributed by atoms with Crippen molar-refractivity contribution in [3.8, 4) is 11.5 Å². The van der Waals surface area contributed by atoms with Crippen LogP contribution in [0.1, 0.15) is 13.8 Å². The molecule has 0 heterocycles. The smallest absolute Gasteiger partial charge is 0.243 e. The lowest BCUT2D eigenvalue weighted by Crippen LogP contribution is -2.39. The Hall–Kier alpha value is -1.38. The van der Waals surface area contributed by atoms with E-state index in [1.54, 1.807) is 0 Å². The number of halogens is 1. The second-order valence-corrected chi connectivity index (χ2v) is 6.18. The van der Waals surface area contributed by atoms with E-state index in [4.69, 9.17) is 9.47 Å². The highest BCUT2D eigenvalue weighted by atomic mass is 32.2. The van der Waals surface area contributed by atoms with Gasteiger partial charge in [-0.2, -0.15) is 0 Å². The number of sulfonamides is 1. The Balaban J connectivity index is 3.02. The summed E-state index contributed by atoms with van der Waals surface area (Å²) in [5.74, 6) is -0.606. The molecule has 0 amide bonds. The van der Waals surface area contributed by atoms with Crippen molar-refractivity contribution in [2.24, 2.45) is 0 Å². The molecular weight excluding hydrogens is 299 g/mol. The van der Waals surface area contributed by atoms with Gasteiger partial charge >= 0.3 is 0 Å². The van der Waals surface area contributed by atoms with Gasteiger partial charge in [-0.15, -0.1) is 0 Å². The third kappa shape index (κ3) is 4.55. The number of ether oxygens (including phenoxy) is 2. The molecule has 0 spiro atoms. The van der Waals surface area contributed by atoms with Crippen molar-refractivity contribution in [2.75, 3.05) is 27.3 Å². The Morgan fingerprint density at radius 1 is 1.24 bits per heavy atom. The van der Waals surface area contributed by atoms with Gasteiger partial charge in [-0.1, -0.05) is 6.92 Å². The van der Waals surface area contributed by atoms with Gasteiger partial charge in [0.2, 0.25) is 10.0 Å². The summed E-state index contributed by atoms with van der Waals surface area (Å²) < 4.78 is 50.5. The van der Waals surface area contributed by atoms with Crippen LogP contribution >= 0.6 is 0 Å². The third-order valence-electron chi connectivity index (χ3n) is 2.86. The van der Waals surface area contributed by atoms with Crippen molar-refractivity contribution >= 4 is 10.0 Å². The third-order valence-corrected chi connectivity index (χ3v) is 4.30. The molecule has 6 nitrogen and oxygen atoms in total. The van der Waals surface area contributed by atoms with Crippen LogP contribution in [0.15, 0.2) is 17.0 Å². The summed E-state index contributed by atoms with van der Waals surface area (Å²) >= 11 is 0. The molecule has 120 valence electrons. The molecule has 0 saturated carbocycles. The zero-order chi connectivity index (χ0) is 16.0. The summed E-state index contributed by atoms with van der Waals surface area (Å²) in [5, 5.41) is 3.06. The molecule has 0 aromatic heterocycles. The van der Waals surface area contributed by atoms with Gasteiger partial charge in [-0.3, -0.25) is 0 Å². The van der Waals surface area contributed by atoms with E-state index in [0.717, 1.165) is 12.1 Å². The Morgan fingerprint density at radius 3 is 2.33 bits per heavy atom. The van der Waals surface area contributed by atoms with E-state index in [0.29, 0.717) is 6.54 Å². The summed E-state index contributed by atoms with van der Waals surface area (Å²) in [6, 6.07) is 2.03. The van der Waals surface area contributed by atoms with Gasteiger partial charge in [-0.25, -0.2) is 17.5 Å². The lowest BCUT2D eigenvalue weighted by molar-refractivity contribution is 0.350. The minimum absolute atomic E-state index is 0.0621. The fourth-order valence-electron chi connectivity index (χ4n) is 1.77. The standard InChI is InChI=1S/C13H21FN2O4S/c1-5-15-9(2)8-16-21(17,18)13-7-12(20-4)11(19-3)6-10(13)14/h6-7,9,15-16H,5,8H2,1-4H3/t9-/m1/s1. The monoisotopic (exact) mass is 320 g/mol. The molecule has 1 aromatic rings. The van der Waals surface area contributed by atoms with E-state index in [-0.39, 0.29) is 24.1 Å². The van der Waals surface area contributed by atoms with E-state index in [1.165, 1.54) is 14.2 Å². The summed E-state index contributed by atoms with van der Waals surface area (Å²) in [6.07, 6.45) is 0. The molecule has 0 radical (unpaired) electrons. The van der Waals surface area contributed by atoms with E-state index in [9.17, 15) is 12.8 Å². The lowest BCUT2D eigenvalue weighted by Gasteiger charge is -2.15. The predicted octanol–water partition coefficient (Wildman–Crippen LogP) is 1.12. The highest BCUT2D eigenvalue weighted by Crippen LogP contribution is 2.31. The summed E-state index contributed by atoms with van der Waals surface area (Å²) in [4.78, 5) is -0.469. The molecule has 2 N–H and O–H groups in total. The molecule has 0 saturated heterocycles. The van der Waals surface area contributed by atoms with Crippen LogP contribution in [0.4, 0.5) is 4.39 Å². The molecule has 0 unspecified atom stereocenters. The number of hydrogen-bond acceptors (Lipinski definition) is 5. The maximum Gasteiger partial charge on any atom is 0.243 e.